The van der Waals surface area contributed by atoms with E-state index >= 15 is 0 Å². The maximum atomic E-state index is 5.60. The van der Waals surface area contributed by atoms with Crippen LogP contribution in [0.15, 0.2) is 0 Å². The standard InChI is InChI=1S/C5H12N2S2/c6-7-4-8-2-1-3-9-5-7/h1-6H2. The van der Waals surface area contributed by atoms with E-state index in [1.165, 1.54) is 17.9 Å². The lowest BCUT2D eigenvalue weighted by Crippen LogP contribution is -2.31. The highest BCUT2D eigenvalue weighted by atomic mass is 32.2. The minimum atomic E-state index is 0.993. The van der Waals surface area contributed by atoms with Crippen LogP contribution in [0, 0.1) is 0 Å². The van der Waals surface area contributed by atoms with Gasteiger partial charge in [-0.15, -0.1) is 23.5 Å². The largest absolute Gasteiger partial charge is 0.267 e. The number of thioether (sulfide) groups is 2. The summed E-state index contributed by atoms with van der Waals surface area (Å²) in [6.45, 7) is 0. The van der Waals surface area contributed by atoms with Gasteiger partial charge in [0.25, 0.3) is 0 Å². The van der Waals surface area contributed by atoms with E-state index in [9.17, 15) is 0 Å². The SMILES string of the molecule is NN1CSCCCSC1. The van der Waals surface area contributed by atoms with Gasteiger partial charge in [-0.25, -0.2) is 5.01 Å². The Hall–Kier alpha value is 0.620. The van der Waals surface area contributed by atoms with Crippen LogP contribution in [0.2, 0.25) is 0 Å². The van der Waals surface area contributed by atoms with Gasteiger partial charge in [0, 0.05) is 0 Å². The smallest absolute Gasteiger partial charge is 0.0594 e. The third-order valence-electron chi connectivity index (χ3n) is 1.09. The molecule has 2 N–H and O–H groups in total. The van der Waals surface area contributed by atoms with Gasteiger partial charge < -0.3 is 0 Å². The average Bonchev–Trinajstić information content (AvgIpc) is 1.79. The normalized spacial score (nSPS) is 25.0. The molecular weight excluding hydrogens is 152 g/mol. The van der Waals surface area contributed by atoms with E-state index in [4.69, 9.17) is 5.84 Å². The molecule has 0 unspecified atom stereocenters. The van der Waals surface area contributed by atoms with Crippen LogP contribution in [-0.4, -0.2) is 28.3 Å². The van der Waals surface area contributed by atoms with E-state index in [1.807, 2.05) is 28.5 Å². The van der Waals surface area contributed by atoms with E-state index in [1.54, 1.807) is 0 Å². The van der Waals surface area contributed by atoms with Crippen molar-refractivity contribution in [2.24, 2.45) is 5.84 Å². The van der Waals surface area contributed by atoms with Crippen molar-refractivity contribution in [3.8, 4) is 0 Å². The zero-order valence-electron chi connectivity index (χ0n) is 5.38. The molecule has 0 aromatic rings. The molecule has 0 aromatic heterocycles. The van der Waals surface area contributed by atoms with E-state index in [-0.39, 0.29) is 0 Å². The van der Waals surface area contributed by atoms with Crippen LogP contribution in [0.4, 0.5) is 0 Å². The fraction of sp³-hybridized carbons (Fsp3) is 1.00. The summed E-state index contributed by atoms with van der Waals surface area (Å²) in [7, 11) is 0. The van der Waals surface area contributed by atoms with Crippen molar-refractivity contribution < 1.29 is 0 Å². The average molecular weight is 164 g/mol. The molecule has 9 heavy (non-hydrogen) atoms. The number of nitrogens with zero attached hydrogens (tertiary/aromatic N) is 1. The minimum Gasteiger partial charge on any atom is -0.267 e. The van der Waals surface area contributed by atoms with Crippen molar-refractivity contribution in [1.29, 1.82) is 0 Å². The number of rotatable bonds is 0. The van der Waals surface area contributed by atoms with Crippen LogP contribution in [0.1, 0.15) is 6.42 Å². The Balaban J connectivity index is 2.12. The van der Waals surface area contributed by atoms with Gasteiger partial charge in [0.15, 0.2) is 0 Å². The van der Waals surface area contributed by atoms with E-state index in [0.717, 1.165) is 11.8 Å². The molecule has 0 bridgehead atoms. The lowest BCUT2D eigenvalue weighted by molar-refractivity contribution is 0.396. The summed E-state index contributed by atoms with van der Waals surface area (Å²) in [4.78, 5) is 0. The van der Waals surface area contributed by atoms with Gasteiger partial charge in [-0.3, -0.25) is 5.84 Å². The lowest BCUT2D eigenvalue weighted by atomic mass is 10.6. The van der Waals surface area contributed by atoms with E-state index in [2.05, 4.69) is 0 Å². The molecule has 0 aromatic carbocycles. The Kier molecular flexibility index (Phi) is 3.81. The number of hydrazine groups is 1. The Morgan fingerprint density at radius 2 is 1.67 bits per heavy atom. The van der Waals surface area contributed by atoms with Crippen molar-refractivity contribution in [3.05, 3.63) is 0 Å². The van der Waals surface area contributed by atoms with Gasteiger partial charge >= 0.3 is 0 Å². The number of hydrogen-bond donors (Lipinski definition) is 1. The van der Waals surface area contributed by atoms with Crippen molar-refractivity contribution in [2.75, 3.05) is 23.3 Å². The molecule has 1 heterocycles. The molecule has 0 radical (unpaired) electrons. The zero-order chi connectivity index (χ0) is 6.53. The molecule has 1 aliphatic rings. The fourth-order valence-corrected chi connectivity index (χ4v) is 2.57. The van der Waals surface area contributed by atoms with Crippen molar-refractivity contribution in [1.82, 2.24) is 5.01 Å². The zero-order valence-corrected chi connectivity index (χ0v) is 7.01. The molecule has 0 atom stereocenters. The van der Waals surface area contributed by atoms with Crippen LogP contribution in [0.25, 0.3) is 0 Å². The predicted molar refractivity (Wildman–Crippen MR) is 45.3 cm³/mol. The highest BCUT2D eigenvalue weighted by Crippen LogP contribution is 2.13. The number of hydrogen-bond acceptors (Lipinski definition) is 4. The van der Waals surface area contributed by atoms with Gasteiger partial charge in [-0.1, -0.05) is 0 Å². The Morgan fingerprint density at radius 3 is 2.22 bits per heavy atom. The summed E-state index contributed by atoms with van der Waals surface area (Å²) in [6.07, 6.45) is 1.34. The predicted octanol–water partition coefficient (Wildman–Crippen LogP) is 0.947. The van der Waals surface area contributed by atoms with Crippen molar-refractivity contribution >= 4 is 23.5 Å². The van der Waals surface area contributed by atoms with Crippen LogP contribution in [0.3, 0.4) is 0 Å². The van der Waals surface area contributed by atoms with E-state index in [0.29, 0.717) is 0 Å². The van der Waals surface area contributed by atoms with Crippen molar-refractivity contribution in [3.63, 3.8) is 0 Å². The molecule has 0 aliphatic carbocycles. The first-order valence-corrected chi connectivity index (χ1v) is 5.35. The third-order valence-corrected chi connectivity index (χ3v) is 3.27. The van der Waals surface area contributed by atoms with Gasteiger partial charge in [-0.05, 0) is 17.9 Å². The first-order valence-electron chi connectivity index (χ1n) is 3.05. The summed E-state index contributed by atoms with van der Waals surface area (Å²) in [5, 5.41) is 1.87. The first-order chi connectivity index (χ1) is 4.39. The monoisotopic (exact) mass is 164 g/mol. The van der Waals surface area contributed by atoms with Crippen LogP contribution >= 0.6 is 23.5 Å². The molecule has 0 saturated carbocycles. The fourth-order valence-electron chi connectivity index (χ4n) is 0.664. The lowest BCUT2D eigenvalue weighted by Gasteiger charge is -2.17. The second-order valence-electron chi connectivity index (χ2n) is 2.02. The first kappa shape index (κ1) is 7.72. The Morgan fingerprint density at radius 1 is 1.11 bits per heavy atom. The van der Waals surface area contributed by atoms with Gasteiger partial charge in [0.05, 0.1) is 11.8 Å². The van der Waals surface area contributed by atoms with Gasteiger partial charge in [-0.2, -0.15) is 0 Å². The van der Waals surface area contributed by atoms with Crippen LogP contribution in [0.5, 0.6) is 0 Å². The molecule has 1 fully saturated rings. The summed E-state index contributed by atoms with van der Waals surface area (Å²) >= 11 is 3.85. The van der Waals surface area contributed by atoms with Crippen molar-refractivity contribution in [2.45, 2.75) is 6.42 Å². The minimum absolute atomic E-state index is 0.993. The molecular formula is C5H12N2S2. The van der Waals surface area contributed by atoms with E-state index < -0.39 is 0 Å². The number of nitrogens with two attached hydrogens (primary N) is 1. The molecule has 0 spiro atoms. The summed E-state index contributed by atoms with van der Waals surface area (Å²) in [5.74, 6) is 10.1. The molecule has 54 valence electrons. The molecule has 4 heteroatoms. The highest BCUT2D eigenvalue weighted by Gasteiger charge is 2.02. The molecule has 1 saturated heterocycles. The summed E-state index contributed by atoms with van der Waals surface area (Å²) in [5.41, 5.74) is 0. The van der Waals surface area contributed by atoms with Crippen LogP contribution < -0.4 is 5.84 Å². The second kappa shape index (κ2) is 4.44. The topological polar surface area (TPSA) is 29.3 Å². The molecule has 1 rings (SSSR count). The third kappa shape index (κ3) is 3.35. The summed E-state index contributed by atoms with van der Waals surface area (Å²) in [6, 6.07) is 0. The molecule has 1 aliphatic heterocycles. The molecule has 0 amide bonds. The quantitative estimate of drug-likeness (QED) is 0.540. The maximum absolute atomic E-state index is 5.60. The van der Waals surface area contributed by atoms with Gasteiger partial charge in [0.1, 0.15) is 0 Å². The Bertz CT molecular complexity index is 71.4. The molecule has 2 nitrogen and oxygen atoms in total. The van der Waals surface area contributed by atoms with Gasteiger partial charge in [0.2, 0.25) is 0 Å². The highest BCUT2D eigenvalue weighted by molar-refractivity contribution is 8.00. The Labute approximate surface area is 64.5 Å². The maximum Gasteiger partial charge on any atom is 0.0594 e. The summed E-state index contributed by atoms with van der Waals surface area (Å²) < 4.78 is 0. The van der Waals surface area contributed by atoms with Crippen LogP contribution in [-0.2, 0) is 0 Å². The second-order valence-corrected chi connectivity index (χ2v) is 4.17.